The molecule has 2 N–H and O–H groups in total. The Morgan fingerprint density at radius 1 is 1.30 bits per heavy atom. The van der Waals surface area contributed by atoms with E-state index >= 15 is 0 Å². The van der Waals surface area contributed by atoms with Gasteiger partial charge in [-0.2, -0.15) is 5.26 Å². The lowest BCUT2D eigenvalue weighted by Crippen LogP contribution is -2.01. The molecule has 0 aromatic heterocycles. The van der Waals surface area contributed by atoms with Crippen molar-refractivity contribution < 1.29 is 9.84 Å². The number of nitrogens with zero attached hydrogens (tertiary/aromatic N) is 1. The molecule has 0 spiro atoms. The highest BCUT2D eigenvalue weighted by Gasteiger charge is 2.05. The van der Waals surface area contributed by atoms with Crippen LogP contribution in [0.15, 0.2) is 40.9 Å². The van der Waals surface area contributed by atoms with E-state index in [1.807, 2.05) is 18.2 Å². The van der Waals surface area contributed by atoms with Gasteiger partial charge in [0, 0.05) is 11.0 Å². The maximum atomic E-state index is 9.72. The van der Waals surface area contributed by atoms with Gasteiger partial charge in [0.15, 0.2) is 11.5 Å². The van der Waals surface area contributed by atoms with Crippen LogP contribution in [0.1, 0.15) is 11.1 Å². The fraction of sp³-hybridized carbons (Fsp3) is 0.133. The van der Waals surface area contributed by atoms with Crippen LogP contribution < -0.4 is 10.1 Å². The average molecular weight is 333 g/mol. The Hall–Kier alpha value is -2.19. The van der Waals surface area contributed by atoms with Crippen molar-refractivity contribution in [2.75, 3.05) is 12.4 Å². The Labute approximate surface area is 125 Å². The number of nitriles is 1. The van der Waals surface area contributed by atoms with Crippen LogP contribution in [-0.4, -0.2) is 12.2 Å². The highest BCUT2D eigenvalue weighted by atomic mass is 79.9. The summed E-state index contributed by atoms with van der Waals surface area (Å²) in [6.07, 6.45) is 0. The molecule has 0 atom stereocenters. The molecule has 5 heteroatoms. The largest absolute Gasteiger partial charge is 0.504 e. The molecule has 2 aromatic rings. The van der Waals surface area contributed by atoms with Crippen molar-refractivity contribution in [2.24, 2.45) is 0 Å². The summed E-state index contributed by atoms with van der Waals surface area (Å²) in [5.74, 6) is 0.537. The van der Waals surface area contributed by atoms with Crippen molar-refractivity contribution in [3.05, 3.63) is 52.0 Å². The summed E-state index contributed by atoms with van der Waals surface area (Å²) in [6, 6.07) is 12.8. The number of rotatable bonds is 4. The Balaban J connectivity index is 2.15. The highest BCUT2D eigenvalue weighted by Crippen LogP contribution is 2.27. The first-order valence-electron chi connectivity index (χ1n) is 5.93. The van der Waals surface area contributed by atoms with Gasteiger partial charge in [0.05, 0.1) is 18.4 Å². The number of ether oxygens (including phenoxy) is 1. The van der Waals surface area contributed by atoms with E-state index in [0.717, 1.165) is 15.7 Å². The third-order valence-electron chi connectivity index (χ3n) is 2.83. The van der Waals surface area contributed by atoms with Crippen molar-refractivity contribution in [1.29, 1.82) is 5.26 Å². The fourth-order valence-corrected chi connectivity index (χ4v) is 2.16. The van der Waals surface area contributed by atoms with Crippen LogP contribution >= 0.6 is 15.9 Å². The molecular weight excluding hydrogens is 320 g/mol. The molecule has 0 saturated carbocycles. The molecule has 0 bridgehead atoms. The monoisotopic (exact) mass is 332 g/mol. The number of aromatic hydroxyl groups is 1. The molecule has 0 heterocycles. The van der Waals surface area contributed by atoms with Crippen LogP contribution in [-0.2, 0) is 6.54 Å². The minimum Gasteiger partial charge on any atom is -0.504 e. The first-order chi connectivity index (χ1) is 9.63. The van der Waals surface area contributed by atoms with Crippen LogP contribution in [0.2, 0.25) is 0 Å². The van der Waals surface area contributed by atoms with Gasteiger partial charge in [0.1, 0.15) is 6.07 Å². The van der Waals surface area contributed by atoms with E-state index in [-0.39, 0.29) is 5.75 Å². The summed E-state index contributed by atoms with van der Waals surface area (Å²) in [7, 11) is 1.51. The summed E-state index contributed by atoms with van der Waals surface area (Å²) < 4.78 is 5.89. The molecule has 0 unspecified atom stereocenters. The third kappa shape index (κ3) is 3.22. The van der Waals surface area contributed by atoms with E-state index in [9.17, 15) is 5.11 Å². The van der Waals surface area contributed by atoms with Gasteiger partial charge in [-0.25, -0.2) is 0 Å². The number of benzene rings is 2. The molecule has 2 rings (SSSR count). The Bertz CT molecular complexity index is 665. The van der Waals surface area contributed by atoms with Crippen molar-refractivity contribution in [2.45, 2.75) is 6.54 Å². The van der Waals surface area contributed by atoms with Gasteiger partial charge in [-0.05, 0) is 35.9 Å². The zero-order valence-electron chi connectivity index (χ0n) is 10.9. The Morgan fingerprint density at radius 2 is 2.10 bits per heavy atom. The van der Waals surface area contributed by atoms with Gasteiger partial charge in [-0.15, -0.1) is 0 Å². The molecule has 0 saturated heterocycles. The first kappa shape index (κ1) is 14.2. The van der Waals surface area contributed by atoms with Gasteiger partial charge in [-0.1, -0.05) is 22.0 Å². The number of phenolic OH excluding ortho intramolecular Hbond substituents is 1. The summed E-state index contributed by atoms with van der Waals surface area (Å²) in [6.45, 7) is 0.503. The standard InChI is InChI=1S/C15H13BrN2O2/c1-20-15-5-2-10(6-14(15)19)9-18-13-7-12(16)4-3-11(13)8-17/h2-7,18-19H,9H2,1H3. The lowest BCUT2D eigenvalue weighted by Gasteiger charge is -2.10. The summed E-state index contributed by atoms with van der Waals surface area (Å²) in [4.78, 5) is 0. The van der Waals surface area contributed by atoms with Gasteiger partial charge >= 0.3 is 0 Å². The molecule has 102 valence electrons. The van der Waals surface area contributed by atoms with Crippen LogP contribution in [0.25, 0.3) is 0 Å². The second-order valence-electron chi connectivity index (χ2n) is 4.16. The lowest BCUT2D eigenvalue weighted by molar-refractivity contribution is 0.373. The minimum absolute atomic E-state index is 0.0987. The van der Waals surface area contributed by atoms with Crippen molar-refractivity contribution in [3.8, 4) is 17.6 Å². The Kier molecular flexibility index (Phi) is 4.49. The maximum absolute atomic E-state index is 9.72. The zero-order valence-corrected chi connectivity index (χ0v) is 12.4. The molecular formula is C15H13BrN2O2. The predicted molar refractivity (Wildman–Crippen MR) is 80.8 cm³/mol. The van der Waals surface area contributed by atoms with Crippen molar-refractivity contribution in [3.63, 3.8) is 0 Å². The van der Waals surface area contributed by atoms with E-state index in [0.29, 0.717) is 17.9 Å². The molecule has 0 fully saturated rings. The van der Waals surface area contributed by atoms with E-state index in [2.05, 4.69) is 27.3 Å². The quantitative estimate of drug-likeness (QED) is 0.896. The number of halogens is 1. The first-order valence-corrected chi connectivity index (χ1v) is 6.72. The normalized spacial score (nSPS) is 9.85. The van der Waals surface area contributed by atoms with Gasteiger partial charge in [0.2, 0.25) is 0 Å². The third-order valence-corrected chi connectivity index (χ3v) is 3.32. The van der Waals surface area contributed by atoms with Gasteiger partial charge in [0.25, 0.3) is 0 Å². The number of hydrogen-bond donors (Lipinski definition) is 2. The van der Waals surface area contributed by atoms with E-state index < -0.39 is 0 Å². The maximum Gasteiger partial charge on any atom is 0.160 e. The van der Waals surface area contributed by atoms with Crippen LogP contribution in [0.3, 0.4) is 0 Å². The molecule has 2 aromatic carbocycles. The number of methoxy groups -OCH3 is 1. The SMILES string of the molecule is COc1ccc(CNc2cc(Br)ccc2C#N)cc1O. The molecule has 0 amide bonds. The van der Waals surface area contributed by atoms with Crippen molar-refractivity contribution >= 4 is 21.6 Å². The number of anilines is 1. The second kappa shape index (κ2) is 6.31. The van der Waals surface area contributed by atoms with E-state index in [1.54, 1.807) is 18.2 Å². The Morgan fingerprint density at radius 3 is 2.75 bits per heavy atom. The topological polar surface area (TPSA) is 65.3 Å². The fourth-order valence-electron chi connectivity index (χ4n) is 1.80. The second-order valence-corrected chi connectivity index (χ2v) is 5.08. The molecule has 4 nitrogen and oxygen atoms in total. The van der Waals surface area contributed by atoms with Crippen LogP contribution in [0.5, 0.6) is 11.5 Å². The number of hydrogen-bond acceptors (Lipinski definition) is 4. The van der Waals surface area contributed by atoms with Crippen LogP contribution in [0.4, 0.5) is 5.69 Å². The summed E-state index contributed by atoms with van der Waals surface area (Å²) >= 11 is 3.38. The molecule has 0 aliphatic rings. The minimum atomic E-state index is 0.0987. The predicted octanol–water partition coefficient (Wildman–Crippen LogP) is 3.65. The number of nitrogens with one attached hydrogen (secondary N) is 1. The average Bonchev–Trinajstić information content (AvgIpc) is 2.45. The van der Waals surface area contributed by atoms with Gasteiger partial charge in [-0.3, -0.25) is 0 Å². The molecule has 0 aliphatic heterocycles. The van der Waals surface area contributed by atoms with Crippen molar-refractivity contribution in [1.82, 2.24) is 0 Å². The zero-order chi connectivity index (χ0) is 14.5. The molecule has 20 heavy (non-hydrogen) atoms. The smallest absolute Gasteiger partial charge is 0.160 e. The summed E-state index contributed by atoms with van der Waals surface area (Å²) in [5, 5.41) is 22.0. The molecule has 0 aliphatic carbocycles. The van der Waals surface area contributed by atoms with E-state index in [4.69, 9.17) is 10.00 Å². The van der Waals surface area contributed by atoms with E-state index in [1.165, 1.54) is 7.11 Å². The van der Waals surface area contributed by atoms with Gasteiger partial charge < -0.3 is 15.2 Å². The summed E-state index contributed by atoms with van der Waals surface area (Å²) in [5.41, 5.74) is 2.22. The highest BCUT2D eigenvalue weighted by molar-refractivity contribution is 9.10. The molecule has 0 radical (unpaired) electrons. The van der Waals surface area contributed by atoms with Crippen LogP contribution in [0, 0.1) is 11.3 Å². The lowest BCUT2D eigenvalue weighted by atomic mass is 10.1. The number of phenols is 1.